The van der Waals surface area contributed by atoms with Crippen molar-refractivity contribution in [3.8, 4) is 0 Å². The van der Waals surface area contributed by atoms with Gasteiger partial charge in [-0.25, -0.2) is 15.0 Å². The molecule has 0 radical (unpaired) electrons. The van der Waals surface area contributed by atoms with Gasteiger partial charge in [0.05, 0.1) is 6.33 Å². The van der Waals surface area contributed by atoms with Crippen LogP contribution in [-0.4, -0.2) is 56.1 Å². The van der Waals surface area contributed by atoms with Crippen LogP contribution in [0.25, 0.3) is 11.2 Å². The quantitative estimate of drug-likeness (QED) is 0.489. The van der Waals surface area contributed by atoms with Gasteiger partial charge >= 0.3 is 0 Å². The number of aromatic nitrogens is 4. The van der Waals surface area contributed by atoms with Gasteiger partial charge in [-0.15, -0.1) is 0 Å². The monoisotopic (exact) mass is 474 g/mol. The Morgan fingerprint density at radius 1 is 1.38 bits per heavy atom. The number of carbonyl (C=O) groups is 1. The fraction of sp³-hybridized carbons (Fsp3) is 0.600. The van der Waals surface area contributed by atoms with E-state index < -0.39 is 30.3 Å². The SMILES string of the molecule is CCNC(=O)[C@@H]1O[C@H](n2cnc3c(N)nc(I)nc32)[C@H]2OC(C)(C)O[C@@H]21. The van der Waals surface area contributed by atoms with E-state index in [4.69, 9.17) is 19.9 Å². The highest BCUT2D eigenvalue weighted by molar-refractivity contribution is 14.1. The first-order valence-electron chi connectivity index (χ1n) is 8.25. The second-order valence-corrected chi connectivity index (χ2v) is 7.57. The summed E-state index contributed by atoms with van der Waals surface area (Å²) in [7, 11) is 0. The molecule has 0 aliphatic carbocycles. The molecule has 3 N–H and O–H groups in total. The van der Waals surface area contributed by atoms with Crippen molar-refractivity contribution in [3.05, 3.63) is 10.2 Å². The molecule has 0 aromatic carbocycles. The van der Waals surface area contributed by atoms with Gasteiger partial charge in [0.15, 0.2) is 33.4 Å². The number of nitrogens with one attached hydrogen (secondary N) is 1. The van der Waals surface area contributed by atoms with Crippen molar-refractivity contribution in [1.82, 2.24) is 24.8 Å². The molecule has 140 valence electrons. The second-order valence-electron chi connectivity index (χ2n) is 6.61. The van der Waals surface area contributed by atoms with Gasteiger partial charge in [-0.1, -0.05) is 0 Å². The first-order chi connectivity index (χ1) is 12.3. The summed E-state index contributed by atoms with van der Waals surface area (Å²) in [5, 5.41) is 2.78. The smallest absolute Gasteiger partial charge is 0.252 e. The molecule has 2 aliphatic rings. The van der Waals surface area contributed by atoms with Crippen LogP contribution in [0, 0.1) is 3.83 Å². The van der Waals surface area contributed by atoms with E-state index in [2.05, 4.69) is 20.3 Å². The summed E-state index contributed by atoms with van der Waals surface area (Å²) in [6.07, 6.45) is -0.851. The Labute approximate surface area is 162 Å². The van der Waals surface area contributed by atoms with E-state index in [1.54, 1.807) is 10.9 Å². The number of rotatable bonds is 3. The average molecular weight is 474 g/mol. The first-order valence-corrected chi connectivity index (χ1v) is 9.33. The lowest BCUT2D eigenvalue weighted by atomic mass is 10.1. The number of likely N-dealkylation sites (N-methyl/N-ethyl adjacent to an activating group) is 1. The molecule has 0 saturated carbocycles. The molecule has 2 aliphatic heterocycles. The highest BCUT2D eigenvalue weighted by Crippen LogP contribution is 2.43. The number of nitrogens with two attached hydrogens (primary N) is 1. The van der Waals surface area contributed by atoms with Crippen molar-refractivity contribution in [2.75, 3.05) is 12.3 Å². The maximum Gasteiger partial charge on any atom is 0.252 e. The maximum atomic E-state index is 12.4. The zero-order valence-corrected chi connectivity index (χ0v) is 16.6. The number of anilines is 1. The third-order valence-corrected chi connectivity index (χ3v) is 4.82. The number of nitrogen functional groups attached to an aromatic ring is 1. The number of amides is 1. The van der Waals surface area contributed by atoms with E-state index in [0.717, 1.165) is 0 Å². The Morgan fingerprint density at radius 2 is 2.12 bits per heavy atom. The van der Waals surface area contributed by atoms with Gasteiger partial charge < -0.3 is 25.3 Å². The van der Waals surface area contributed by atoms with Gasteiger partial charge in [-0.3, -0.25) is 9.36 Å². The van der Waals surface area contributed by atoms with Crippen LogP contribution in [0.15, 0.2) is 6.33 Å². The largest absolute Gasteiger partial charge is 0.382 e. The van der Waals surface area contributed by atoms with E-state index in [9.17, 15) is 4.79 Å². The first kappa shape index (κ1) is 17.8. The normalized spacial score (nSPS) is 29.8. The number of fused-ring (bicyclic) bond motifs is 2. The van der Waals surface area contributed by atoms with Crippen LogP contribution in [-0.2, 0) is 19.0 Å². The molecule has 2 saturated heterocycles. The fourth-order valence-corrected chi connectivity index (χ4v) is 3.87. The number of carbonyl (C=O) groups excluding carboxylic acids is 1. The number of hydrogen-bond acceptors (Lipinski definition) is 8. The van der Waals surface area contributed by atoms with Crippen molar-refractivity contribution in [2.45, 2.75) is 51.1 Å². The van der Waals surface area contributed by atoms with Gasteiger partial charge in [0.25, 0.3) is 5.91 Å². The number of ether oxygens (including phenoxy) is 3. The Morgan fingerprint density at radius 3 is 2.85 bits per heavy atom. The Bertz CT molecular complexity index is 871. The van der Waals surface area contributed by atoms with Crippen LogP contribution < -0.4 is 11.1 Å². The Kier molecular flexibility index (Phi) is 4.28. The lowest BCUT2D eigenvalue weighted by Crippen LogP contribution is -2.42. The lowest BCUT2D eigenvalue weighted by molar-refractivity contribution is -0.197. The van der Waals surface area contributed by atoms with Crippen molar-refractivity contribution >= 4 is 45.5 Å². The summed E-state index contributed by atoms with van der Waals surface area (Å²) in [5.41, 5.74) is 6.94. The van der Waals surface area contributed by atoms with Gasteiger partial charge in [0.1, 0.15) is 17.7 Å². The zero-order chi connectivity index (χ0) is 18.6. The minimum absolute atomic E-state index is 0.237. The Hall–Kier alpha value is -1.57. The van der Waals surface area contributed by atoms with E-state index in [1.165, 1.54) is 0 Å². The van der Waals surface area contributed by atoms with Crippen molar-refractivity contribution in [3.63, 3.8) is 0 Å². The molecule has 4 heterocycles. The minimum Gasteiger partial charge on any atom is -0.382 e. The predicted octanol–water partition coefficient (Wildman–Crippen LogP) is 0.567. The molecule has 4 atom stereocenters. The molecule has 11 heteroatoms. The standard InChI is InChI=1S/C15H19IN6O4/c1-4-18-12(23)8-7-9(26-15(2,3)25-7)13(24-8)22-5-19-6-10(17)20-14(16)21-11(6)22/h5,7-9,13H,4H2,1-3H3,(H,18,23)(H2,17,20,21)/t7-,8-,9+,13+/m1/s1. The molecule has 0 unspecified atom stereocenters. The van der Waals surface area contributed by atoms with Gasteiger partial charge in [-0.05, 0) is 20.8 Å². The fourth-order valence-electron chi connectivity index (χ4n) is 3.38. The third-order valence-electron chi connectivity index (χ3n) is 4.33. The zero-order valence-electron chi connectivity index (χ0n) is 14.5. The summed E-state index contributed by atoms with van der Waals surface area (Å²) in [5.74, 6) is -0.766. The predicted molar refractivity (Wildman–Crippen MR) is 98.9 cm³/mol. The second kappa shape index (κ2) is 6.25. The molecule has 1 amide bonds. The van der Waals surface area contributed by atoms with E-state index >= 15 is 0 Å². The van der Waals surface area contributed by atoms with Crippen LogP contribution in [0.2, 0.25) is 0 Å². The van der Waals surface area contributed by atoms with Crippen LogP contribution >= 0.6 is 22.6 Å². The molecule has 2 aromatic heterocycles. The highest BCUT2D eigenvalue weighted by Gasteiger charge is 2.58. The summed E-state index contributed by atoms with van der Waals surface area (Å²) >= 11 is 1.99. The van der Waals surface area contributed by atoms with Crippen molar-refractivity contribution in [1.29, 1.82) is 0 Å². The maximum absolute atomic E-state index is 12.4. The molecule has 10 nitrogen and oxygen atoms in total. The average Bonchev–Trinajstić information content (AvgIpc) is 3.18. The summed E-state index contributed by atoms with van der Waals surface area (Å²) in [4.78, 5) is 25.3. The van der Waals surface area contributed by atoms with Crippen molar-refractivity contribution < 1.29 is 19.0 Å². The van der Waals surface area contributed by atoms with Gasteiger partial charge in [0.2, 0.25) is 0 Å². The molecular formula is C15H19IN6O4. The number of hydrogen-bond donors (Lipinski definition) is 2. The molecule has 2 aromatic rings. The minimum atomic E-state index is -0.819. The van der Waals surface area contributed by atoms with Crippen LogP contribution in [0.4, 0.5) is 5.82 Å². The molecule has 26 heavy (non-hydrogen) atoms. The number of nitrogens with zero attached hydrogens (tertiary/aromatic N) is 4. The molecule has 0 spiro atoms. The topological polar surface area (TPSA) is 126 Å². The molecule has 0 bridgehead atoms. The Balaban J connectivity index is 1.76. The van der Waals surface area contributed by atoms with E-state index in [1.807, 2.05) is 43.4 Å². The van der Waals surface area contributed by atoms with Crippen LogP contribution in [0.5, 0.6) is 0 Å². The number of halogens is 1. The van der Waals surface area contributed by atoms with Crippen molar-refractivity contribution in [2.24, 2.45) is 0 Å². The summed E-state index contributed by atoms with van der Waals surface area (Å²) < 4.78 is 20.2. The van der Waals surface area contributed by atoms with Crippen LogP contribution in [0.1, 0.15) is 27.0 Å². The van der Waals surface area contributed by atoms with E-state index in [0.29, 0.717) is 21.5 Å². The molecule has 2 fully saturated rings. The molecular weight excluding hydrogens is 455 g/mol. The lowest BCUT2D eigenvalue weighted by Gasteiger charge is -2.24. The van der Waals surface area contributed by atoms with Gasteiger partial charge in [0, 0.05) is 29.1 Å². The summed E-state index contributed by atoms with van der Waals surface area (Å²) in [6.45, 7) is 5.97. The number of imidazole rings is 1. The highest BCUT2D eigenvalue weighted by atomic mass is 127. The van der Waals surface area contributed by atoms with Crippen LogP contribution in [0.3, 0.4) is 0 Å². The third kappa shape index (κ3) is 2.82. The summed E-state index contributed by atoms with van der Waals surface area (Å²) in [6, 6.07) is 0. The van der Waals surface area contributed by atoms with Gasteiger partial charge in [-0.2, -0.15) is 0 Å². The molecule has 4 rings (SSSR count). The van der Waals surface area contributed by atoms with E-state index in [-0.39, 0.29) is 11.7 Å².